The van der Waals surface area contributed by atoms with Gasteiger partial charge in [0.15, 0.2) is 17.3 Å². The number of tetrazole rings is 1. The molecule has 0 fully saturated rings. The Morgan fingerprint density at radius 3 is 2.20 bits per heavy atom. The van der Waals surface area contributed by atoms with Crippen LogP contribution in [-0.4, -0.2) is 53.4 Å². The van der Waals surface area contributed by atoms with E-state index < -0.39 is 0 Å². The van der Waals surface area contributed by atoms with Crippen LogP contribution >= 0.6 is 0 Å². The van der Waals surface area contributed by atoms with E-state index in [2.05, 4.69) is 58.5 Å². The van der Waals surface area contributed by atoms with E-state index in [0.29, 0.717) is 12.5 Å². The minimum Gasteiger partial charge on any atom is -0.493 e. The number of aromatic nitrogens is 4. The molecule has 0 aliphatic heterocycles. The van der Waals surface area contributed by atoms with Crippen molar-refractivity contribution in [2.75, 3.05) is 28.3 Å². The lowest BCUT2D eigenvalue weighted by molar-refractivity contribution is 0.317. The summed E-state index contributed by atoms with van der Waals surface area (Å²) >= 11 is 0. The van der Waals surface area contributed by atoms with Gasteiger partial charge in [-0.15, -0.1) is 5.10 Å². The fourth-order valence-electron chi connectivity index (χ4n) is 3.58. The van der Waals surface area contributed by atoms with Crippen molar-refractivity contribution in [3.8, 4) is 11.5 Å². The van der Waals surface area contributed by atoms with E-state index in [4.69, 9.17) is 9.47 Å². The highest BCUT2D eigenvalue weighted by Crippen LogP contribution is 2.29. The summed E-state index contributed by atoms with van der Waals surface area (Å²) in [6, 6.07) is 14.7. The molecule has 0 aliphatic rings. The second-order valence-electron chi connectivity index (χ2n) is 7.89. The van der Waals surface area contributed by atoms with E-state index in [9.17, 15) is 0 Å². The van der Waals surface area contributed by atoms with Crippen molar-refractivity contribution < 1.29 is 9.47 Å². The molecule has 7 heteroatoms. The quantitative estimate of drug-likeness (QED) is 0.537. The molecule has 3 rings (SSSR count). The Bertz CT molecular complexity index is 950. The Morgan fingerprint density at radius 1 is 0.933 bits per heavy atom. The molecule has 1 heterocycles. The van der Waals surface area contributed by atoms with Crippen LogP contribution in [0.2, 0.25) is 0 Å². The Labute approximate surface area is 178 Å². The fraction of sp³-hybridized carbons (Fsp3) is 0.435. The first-order chi connectivity index (χ1) is 14.4. The van der Waals surface area contributed by atoms with Crippen LogP contribution in [0.3, 0.4) is 0 Å². The van der Waals surface area contributed by atoms with Crippen molar-refractivity contribution in [3.63, 3.8) is 0 Å². The van der Waals surface area contributed by atoms with Crippen molar-refractivity contribution in [1.29, 1.82) is 0 Å². The average molecular weight is 410 g/mol. The van der Waals surface area contributed by atoms with Crippen LogP contribution < -0.4 is 9.47 Å². The number of benzene rings is 2. The SMILES string of the molecule is COc1ccc(CCn2nnnc2C(c2ccc(C(C)C)cc2)N(C)C)cc1OC. The Hall–Kier alpha value is -2.93. The summed E-state index contributed by atoms with van der Waals surface area (Å²) in [5.41, 5.74) is 3.63. The van der Waals surface area contributed by atoms with Crippen LogP contribution in [0.25, 0.3) is 0 Å². The van der Waals surface area contributed by atoms with E-state index in [0.717, 1.165) is 29.3 Å². The molecule has 0 radical (unpaired) electrons. The van der Waals surface area contributed by atoms with Crippen LogP contribution in [0.1, 0.15) is 48.3 Å². The van der Waals surface area contributed by atoms with Crippen molar-refractivity contribution in [1.82, 2.24) is 25.1 Å². The van der Waals surface area contributed by atoms with Gasteiger partial charge in [-0.2, -0.15) is 0 Å². The second kappa shape index (κ2) is 9.71. The highest BCUT2D eigenvalue weighted by Gasteiger charge is 2.23. The molecule has 0 saturated carbocycles. The van der Waals surface area contributed by atoms with Gasteiger partial charge in [0.1, 0.15) is 0 Å². The maximum Gasteiger partial charge on any atom is 0.173 e. The van der Waals surface area contributed by atoms with E-state index in [1.807, 2.05) is 37.0 Å². The van der Waals surface area contributed by atoms with Gasteiger partial charge in [0.05, 0.1) is 20.3 Å². The van der Waals surface area contributed by atoms with Crippen LogP contribution in [0.4, 0.5) is 0 Å². The van der Waals surface area contributed by atoms with Crippen molar-refractivity contribution in [2.45, 2.75) is 38.8 Å². The number of ether oxygens (including phenoxy) is 2. The lowest BCUT2D eigenvalue weighted by Crippen LogP contribution is -2.25. The third kappa shape index (κ3) is 4.79. The van der Waals surface area contributed by atoms with Gasteiger partial charge in [0.25, 0.3) is 0 Å². The van der Waals surface area contributed by atoms with Gasteiger partial charge in [-0.05, 0) is 65.7 Å². The third-order valence-electron chi connectivity index (χ3n) is 5.30. The molecule has 2 aromatic carbocycles. The standard InChI is InChI=1S/C23H31N5O2/c1-16(2)18-8-10-19(11-9-18)22(27(3)4)23-24-25-26-28(23)14-13-17-7-12-20(29-5)21(15-17)30-6/h7-12,15-16,22H,13-14H2,1-6H3. The lowest BCUT2D eigenvalue weighted by Gasteiger charge is -2.24. The van der Waals surface area contributed by atoms with E-state index in [1.54, 1.807) is 14.2 Å². The molecule has 1 unspecified atom stereocenters. The molecule has 160 valence electrons. The van der Waals surface area contributed by atoms with Crippen molar-refractivity contribution >= 4 is 0 Å². The molecular formula is C23H31N5O2. The largest absolute Gasteiger partial charge is 0.493 e. The zero-order valence-corrected chi connectivity index (χ0v) is 18.7. The predicted molar refractivity (Wildman–Crippen MR) is 117 cm³/mol. The average Bonchev–Trinajstić information content (AvgIpc) is 3.20. The molecule has 1 atom stereocenters. The second-order valence-corrected chi connectivity index (χ2v) is 7.89. The zero-order valence-electron chi connectivity index (χ0n) is 18.7. The lowest BCUT2D eigenvalue weighted by atomic mass is 9.98. The predicted octanol–water partition coefficient (Wildman–Crippen LogP) is 3.71. The highest BCUT2D eigenvalue weighted by molar-refractivity contribution is 5.42. The maximum absolute atomic E-state index is 5.41. The van der Waals surface area contributed by atoms with Gasteiger partial charge >= 0.3 is 0 Å². The molecule has 3 aromatic rings. The molecule has 7 nitrogen and oxygen atoms in total. The summed E-state index contributed by atoms with van der Waals surface area (Å²) in [6.45, 7) is 5.08. The first kappa shape index (κ1) is 21.8. The number of aryl methyl sites for hydroxylation is 2. The van der Waals surface area contributed by atoms with Gasteiger partial charge < -0.3 is 9.47 Å². The summed E-state index contributed by atoms with van der Waals surface area (Å²) < 4.78 is 12.6. The highest BCUT2D eigenvalue weighted by atomic mass is 16.5. The third-order valence-corrected chi connectivity index (χ3v) is 5.30. The summed E-state index contributed by atoms with van der Waals surface area (Å²) in [6.07, 6.45) is 0.783. The first-order valence-electron chi connectivity index (χ1n) is 10.2. The number of methoxy groups -OCH3 is 2. The van der Waals surface area contributed by atoms with E-state index in [-0.39, 0.29) is 6.04 Å². The van der Waals surface area contributed by atoms with Gasteiger partial charge in [-0.1, -0.05) is 44.2 Å². The van der Waals surface area contributed by atoms with Gasteiger partial charge in [0, 0.05) is 6.54 Å². The summed E-state index contributed by atoms with van der Waals surface area (Å²) in [5, 5.41) is 12.6. The monoisotopic (exact) mass is 409 g/mol. The molecule has 0 spiro atoms. The molecule has 1 aromatic heterocycles. The van der Waals surface area contributed by atoms with Gasteiger partial charge in [-0.25, -0.2) is 4.68 Å². The summed E-state index contributed by atoms with van der Waals surface area (Å²) in [5.74, 6) is 2.78. The number of rotatable bonds is 9. The van der Waals surface area contributed by atoms with Crippen molar-refractivity contribution in [3.05, 3.63) is 65.0 Å². The van der Waals surface area contributed by atoms with E-state index in [1.165, 1.54) is 11.1 Å². The van der Waals surface area contributed by atoms with Gasteiger partial charge in [-0.3, -0.25) is 4.90 Å². The van der Waals surface area contributed by atoms with Crippen LogP contribution in [0.5, 0.6) is 11.5 Å². The normalized spacial score (nSPS) is 12.4. The van der Waals surface area contributed by atoms with Crippen LogP contribution in [0, 0.1) is 0 Å². The topological polar surface area (TPSA) is 65.3 Å². The minimum atomic E-state index is -0.0217. The zero-order chi connectivity index (χ0) is 21.7. The van der Waals surface area contributed by atoms with Crippen molar-refractivity contribution in [2.24, 2.45) is 0 Å². The molecular weight excluding hydrogens is 378 g/mol. The first-order valence-corrected chi connectivity index (χ1v) is 10.2. The maximum atomic E-state index is 5.41. The Kier molecular flexibility index (Phi) is 7.05. The molecule has 0 saturated heterocycles. The van der Waals surface area contributed by atoms with Gasteiger partial charge in [0.2, 0.25) is 0 Å². The Morgan fingerprint density at radius 2 is 1.60 bits per heavy atom. The number of hydrogen-bond donors (Lipinski definition) is 0. The summed E-state index contributed by atoms with van der Waals surface area (Å²) in [7, 11) is 7.38. The smallest absolute Gasteiger partial charge is 0.173 e. The van der Waals surface area contributed by atoms with E-state index >= 15 is 0 Å². The minimum absolute atomic E-state index is 0.0217. The van der Waals surface area contributed by atoms with Crippen LogP contribution in [-0.2, 0) is 13.0 Å². The number of nitrogens with zero attached hydrogens (tertiary/aromatic N) is 5. The molecule has 0 aliphatic carbocycles. The van der Waals surface area contributed by atoms with Crippen LogP contribution in [0.15, 0.2) is 42.5 Å². The molecule has 0 N–H and O–H groups in total. The molecule has 0 bridgehead atoms. The fourth-order valence-corrected chi connectivity index (χ4v) is 3.58. The number of hydrogen-bond acceptors (Lipinski definition) is 6. The Balaban J connectivity index is 1.82. The summed E-state index contributed by atoms with van der Waals surface area (Å²) in [4.78, 5) is 2.14. The molecule has 0 amide bonds. The molecule has 30 heavy (non-hydrogen) atoms.